The summed E-state index contributed by atoms with van der Waals surface area (Å²) in [5.41, 5.74) is 8.24. The zero-order chi connectivity index (χ0) is 13.4. The largest absolute Gasteiger partial charge is 0.375 e. The normalized spacial score (nSPS) is 15.5. The zero-order valence-corrected chi connectivity index (χ0v) is 13.4. The van der Waals surface area contributed by atoms with Gasteiger partial charge in [0.15, 0.2) is 5.13 Å². The van der Waals surface area contributed by atoms with Crippen LogP contribution in [-0.4, -0.2) is 16.4 Å². The van der Waals surface area contributed by atoms with Gasteiger partial charge in [-0.3, -0.25) is 4.90 Å². The van der Waals surface area contributed by atoms with Crippen LogP contribution in [0.1, 0.15) is 16.0 Å². The van der Waals surface area contributed by atoms with E-state index in [2.05, 4.69) is 25.8 Å². The summed E-state index contributed by atoms with van der Waals surface area (Å²) in [4.78, 5) is 7.68. The topological polar surface area (TPSA) is 42.1 Å². The van der Waals surface area contributed by atoms with Crippen molar-refractivity contribution in [2.24, 2.45) is 0 Å². The number of nitrogens with zero attached hydrogens (tertiary/aromatic N) is 2. The lowest BCUT2D eigenvalue weighted by molar-refractivity contribution is 0.247. The number of hydrogen-bond acceptors (Lipinski definition) is 4. The molecule has 100 valence electrons. The average molecular weight is 359 g/mol. The van der Waals surface area contributed by atoms with Gasteiger partial charge in [0.05, 0.1) is 0 Å². The highest BCUT2D eigenvalue weighted by Gasteiger charge is 2.21. The molecule has 3 rings (SSSR count). The van der Waals surface area contributed by atoms with Crippen LogP contribution in [0.2, 0.25) is 5.02 Å². The van der Waals surface area contributed by atoms with E-state index < -0.39 is 0 Å². The van der Waals surface area contributed by atoms with Gasteiger partial charge in [-0.2, -0.15) is 0 Å². The van der Waals surface area contributed by atoms with Crippen molar-refractivity contribution >= 4 is 44.0 Å². The molecule has 0 fully saturated rings. The molecule has 0 bridgehead atoms. The van der Waals surface area contributed by atoms with Gasteiger partial charge in [0.2, 0.25) is 0 Å². The number of nitrogen functional groups attached to an aromatic ring is 1. The summed E-state index contributed by atoms with van der Waals surface area (Å²) in [5.74, 6) is 0. The monoisotopic (exact) mass is 357 g/mol. The van der Waals surface area contributed by atoms with Crippen molar-refractivity contribution in [2.75, 3.05) is 12.3 Å². The predicted molar refractivity (Wildman–Crippen MR) is 83.5 cm³/mol. The molecule has 2 N–H and O–H groups in total. The third-order valence-corrected chi connectivity index (χ3v) is 5.24. The van der Waals surface area contributed by atoms with Gasteiger partial charge < -0.3 is 5.73 Å². The first-order valence-electron chi connectivity index (χ1n) is 6.02. The smallest absolute Gasteiger partial charge is 0.180 e. The van der Waals surface area contributed by atoms with Crippen molar-refractivity contribution in [3.8, 4) is 0 Å². The summed E-state index contributed by atoms with van der Waals surface area (Å²) in [6.45, 7) is 2.80. The molecule has 0 saturated carbocycles. The minimum absolute atomic E-state index is 0.633. The molecule has 0 amide bonds. The molecular formula is C13H13BrClN3S. The molecule has 6 heteroatoms. The molecule has 0 aliphatic carbocycles. The van der Waals surface area contributed by atoms with E-state index in [1.807, 2.05) is 18.3 Å². The highest BCUT2D eigenvalue weighted by Crippen LogP contribution is 2.32. The van der Waals surface area contributed by atoms with Crippen LogP contribution < -0.4 is 5.73 Å². The third kappa shape index (κ3) is 2.79. The first-order valence-corrected chi connectivity index (χ1v) is 8.00. The van der Waals surface area contributed by atoms with Crippen LogP contribution >= 0.6 is 38.9 Å². The van der Waals surface area contributed by atoms with Gasteiger partial charge in [0.1, 0.15) is 0 Å². The lowest BCUT2D eigenvalue weighted by Crippen LogP contribution is -2.30. The molecular weight excluding hydrogens is 346 g/mol. The van der Waals surface area contributed by atoms with Crippen LogP contribution in [-0.2, 0) is 19.5 Å². The van der Waals surface area contributed by atoms with Gasteiger partial charge in [0, 0.05) is 40.2 Å². The number of aromatic nitrogens is 1. The number of thiazole rings is 1. The Morgan fingerprint density at radius 3 is 3.00 bits per heavy atom. The van der Waals surface area contributed by atoms with Gasteiger partial charge in [-0.1, -0.05) is 27.5 Å². The number of halogens is 2. The second kappa shape index (κ2) is 5.40. The lowest BCUT2D eigenvalue weighted by atomic mass is 10.00. The summed E-state index contributed by atoms with van der Waals surface area (Å²) in [6, 6.07) is 3.99. The SMILES string of the molecule is Nc1ncc(CN2CCc3c(Br)ccc(Cl)c3C2)s1. The number of nitrogens with two attached hydrogens (primary N) is 1. The molecule has 1 aromatic heterocycles. The number of anilines is 1. The molecule has 1 aliphatic heterocycles. The Kier molecular flexibility index (Phi) is 3.80. The number of fused-ring (bicyclic) bond motifs is 1. The molecule has 0 unspecified atom stereocenters. The summed E-state index contributed by atoms with van der Waals surface area (Å²) in [6.07, 6.45) is 2.88. The maximum absolute atomic E-state index is 6.31. The molecule has 19 heavy (non-hydrogen) atoms. The molecule has 1 aliphatic rings. The van der Waals surface area contributed by atoms with Crippen LogP contribution in [0.4, 0.5) is 5.13 Å². The Hall–Kier alpha value is -0.620. The van der Waals surface area contributed by atoms with E-state index >= 15 is 0 Å². The van der Waals surface area contributed by atoms with Crippen molar-refractivity contribution in [1.29, 1.82) is 0 Å². The van der Waals surface area contributed by atoms with Gasteiger partial charge in [-0.25, -0.2) is 4.98 Å². The molecule has 0 spiro atoms. The Bertz CT molecular complexity index is 614. The highest BCUT2D eigenvalue weighted by molar-refractivity contribution is 9.10. The first kappa shape index (κ1) is 13.4. The van der Waals surface area contributed by atoms with Gasteiger partial charge in [-0.15, -0.1) is 11.3 Å². The van der Waals surface area contributed by atoms with E-state index in [1.165, 1.54) is 16.0 Å². The standard InChI is InChI=1S/C13H13BrClN3S/c14-11-1-2-12(15)10-7-18(4-3-9(10)11)6-8-5-17-13(16)19-8/h1-2,5H,3-4,6-7H2,(H2,16,17). The molecule has 0 saturated heterocycles. The van der Waals surface area contributed by atoms with E-state index in [-0.39, 0.29) is 0 Å². The van der Waals surface area contributed by atoms with Crippen molar-refractivity contribution in [3.05, 3.63) is 43.8 Å². The van der Waals surface area contributed by atoms with Crippen molar-refractivity contribution in [2.45, 2.75) is 19.5 Å². The van der Waals surface area contributed by atoms with Gasteiger partial charge in [-0.05, 0) is 29.7 Å². The Morgan fingerprint density at radius 2 is 2.26 bits per heavy atom. The Balaban J connectivity index is 1.80. The van der Waals surface area contributed by atoms with Crippen LogP contribution in [0.15, 0.2) is 22.8 Å². The summed E-state index contributed by atoms with van der Waals surface area (Å²) >= 11 is 11.5. The number of rotatable bonds is 2. The minimum Gasteiger partial charge on any atom is -0.375 e. The first-order chi connectivity index (χ1) is 9.13. The summed E-state index contributed by atoms with van der Waals surface area (Å²) in [5, 5.41) is 1.49. The van der Waals surface area contributed by atoms with Gasteiger partial charge >= 0.3 is 0 Å². The average Bonchev–Trinajstić information content (AvgIpc) is 2.80. The van der Waals surface area contributed by atoms with E-state index in [0.717, 1.165) is 35.6 Å². The van der Waals surface area contributed by atoms with E-state index in [4.69, 9.17) is 17.3 Å². The third-order valence-electron chi connectivity index (χ3n) is 3.33. The number of hydrogen-bond donors (Lipinski definition) is 1. The second-order valence-corrected chi connectivity index (χ2v) is 7.02. The minimum atomic E-state index is 0.633. The fourth-order valence-corrected chi connectivity index (χ4v) is 3.93. The maximum atomic E-state index is 6.31. The van der Waals surface area contributed by atoms with Crippen LogP contribution in [0.3, 0.4) is 0 Å². The van der Waals surface area contributed by atoms with Crippen LogP contribution in [0.5, 0.6) is 0 Å². The Labute approximate surface area is 129 Å². The quantitative estimate of drug-likeness (QED) is 0.890. The maximum Gasteiger partial charge on any atom is 0.180 e. The Morgan fingerprint density at radius 1 is 1.42 bits per heavy atom. The zero-order valence-electron chi connectivity index (χ0n) is 10.2. The molecule has 0 radical (unpaired) electrons. The predicted octanol–water partition coefficient (Wildman–Crippen LogP) is 3.70. The van der Waals surface area contributed by atoms with Gasteiger partial charge in [0.25, 0.3) is 0 Å². The molecule has 1 aromatic carbocycles. The van der Waals surface area contributed by atoms with Crippen LogP contribution in [0, 0.1) is 0 Å². The molecule has 0 atom stereocenters. The summed E-state index contributed by atoms with van der Waals surface area (Å²) < 4.78 is 1.16. The lowest BCUT2D eigenvalue weighted by Gasteiger charge is -2.29. The fraction of sp³-hybridized carbons (Fsp3) is 0.308. The second-order valence-electron chi connectivity index (χ2n) is 4.61. The van der Waals surface area contributed by atoms with Crippen molar-refractivity contribution in [3.63, 3.8) is 0 Å². The molecule has 3 nitrogen and oxygen atoms in total. The van der Waals surface area contributed by atoms with E-state index in [0.29, 0.717) is 5.13 Å². The molecule has 2 heterocycles. The highest BCUT2D eigenvalue weighted by atomic mass is 79.9. The fourth-order valence-electron chi connectivity index (χ4n) is 2.40. The van der Waals surface area contributed by atoms with Crippen molar-refractivity contribution < 1.29 is 0 Å². The summed E-state index contributed by atoms with van der Waals surface area (Å²) in [7, 11) is 0. The van der Waals surface area contributed by atoms with E-state index in [9.17, 15) is 0 Å². The van der Waals surface area contributed by atoms with E-state index in [1.54, 1.807) is 11.3 Å². The number of benzene rings is 1. The van der Waals surface area contributed by atoms with Crippen LogP contribution in [0.25, 0.3) is 0 Å². The molecule has 2 aromatic rings. The van der Waals surface area contributed by atoms with Crippen molar-refractivity contribution in [1.82, 2.24) is 9.88 Å².